The van der Waals surface area contributed by atoms with Crippen molar-refractivity contribution in [2.75, 3.05) is 0 Å². The van der Waals surface area contributed by atoms with Crippen LogP contribution in [0.5, 0.6) is 0 Å². The van der Waals surface area contributed by atoms with Crippen molar-refractivity contribution in [2.24, 2.45) is 17.8 Å². The monoisotopic (exact) mass is 392 g/mol. The van der Waals surface area contributed by atoms with E-state index in [1.54, 1.807) is 12.1 Å². The molecule has 0 aliphatic heterocycles. The van der Waals surface area contributed by atoms with E-state index in [1.165, 1.54) is 63.5 Å². The van der Waals surface area contributed by atoms with Crippen LogP contribution in [-0.4, -0.2) is 0 Å². The number of rotatable bonds is 6. The molecule has 28 heavy (non-hydrogen) atoms. The quantitative estimate of drug-likeness (QED) is 0.427. The van der Waals surface area contributed by atoms with E-state index in [0.717, 1.165) is 42.6 Å². The minimum atomic E-state index is -4.27. The number of allylic oxidation sites excluding steroid dienone is 1. The van der Waals surface area contributed by atoms with Crippen molar-refractivity contribution in [1.82, 2.24) is 0 Å². The molecule has 0 spiro atoms. The van der Waals surface area contributed by atoms with Crippen molar-refractivity contribution in [3.05, 3.63) is 48.0 Å². The minimum Gasteiger partial charge on any atom is -0.166 e. The van der Waals surface area contributed by atoms with Gasteiger partial charge in [-0.3, -0.25) is 0 Å². The zero-order chi connectivity index (χ0) is 20.2. The Morgan fingerprint density at radius 2 is 1.54 bits per heavy atom. The molecule has 0 saturated heterocycles. The van der Waals surface area contributed by atoms with Gasteiger partial charge in [0, 0.05) is 0 Å². The maximum absolute atomic E-state index is 12.9. The summed E-state index contributed by atoms with van der Waals surface area (Å²) in [4.78, 5) is 0. The second kappa shape index (κ2) is 9.05. The van der Waals surface area contributed by atoms with E-state index in [9.17, 15) is 13.2 Å². The summed E-state index contributed by atoms with van der Waals surface area (Å²) in [5, 5.41) is 0. The van der Waals surface area contributed by atoms with E-state index in [0.29, 0.717) is 0 Å². The van der Waals surface area contributed by atoms with Gasteiger partial charge in [0.05, 0.1) is 5.56 Å². The fourth-order valence-electron chi connectivity index (χ4n) is 5.92. The lowest BCUT2D eigenvalue weighted by atomic mass is 9.61. The molecule has 2 fully saturated rings. The minimum absolute atomic E-state index is 0.0260. The van der Waals surface area contributed by atoms with Gasteiger partial charge in [-0.25, -0.2) is 0 Å². The molecular formula is C25H35F3. The number of hydrogen-bond donors (Lipinski definition) is 0. The van der Waals surface area contributed by atoms with E-state index in [1.807, 2.05) is 6.08 Å². The van der Waals surface area contributed by atoms with Crippen molar-refractivity contribution >= 4 is 0 Å². The third-order valence-corrected chi connectivity index (χ3v) is 7.60. The number of alkyl halides is 3. The number of halogens is 3. The molecule has 2 aliphatic carbocycles. The van der Waals surface area contributed by atoms with Gasteiger partial charge in [0.1, 0.15) is 0 Å². The standard InChI is InChI=1S/C25H35F3/c1-3-5-19-6-8-20(9-7-19)21-14-17-24(16-4-2,18-15-21)22-10-12-23(13-11-22)25(26,27)28/h4,10-13,19-21H,2-3,5-9,14-18H2,1H3. The van der Waals surface area contributed by atoms with E-state index in [4.69, 9.17) is 0 Å². The van der Waals surface area contributed by atoms with Crippen LogP contribution in [0.15, 0.2) is 36.9 Å². The van der Waals surface area contributed by atoms with Gasteiger partial charge in [0.15, 0.2) is 0 Å². The van der Waals surface area contributed by atoms with Crippen LogP contribution in [-0.2, 0) is 11.6 Å². The SMILES string of the molecule is C=CCC1(c2ccc(C(F)(F)F)cc2)CCC(C2CCC(CCC)CC2)CC1. The van der Waals surface area contributed by atoms with Crippen LogP contribution >= 0.6 is 0 Å². The Bertz CT molecular complexity index is 612. The van der Waals surface area contributed by atoms with Gasteiger partial charge in [0.25, 0.3) is 0 Å². The Balaban J connectivity index is 1.64. The molecule has 0 unspecified atom stereocenters. The number of benzene rings is 1. The van der Waals surface area contributed by atoms with Gasteiger partial charge in [0.2, 0.25) is 0 Å². The third-order valence-electron chi connectivity index (χ3n) is 7.60. The van der Waals surface area contributed by atoms with E-state index in [-0.39, 0.29) is 5.41 Å². The lowest BCUT2D eigenvalue weighted by Crippen LogP contribution is -2.34. The highest BCUT2D eigenvalue weighted by Crippen LogP contribution is 2.49. The molecule has 0 atom stereocenters. The van der Waals surface area contributed by atoms with Gasteiger partial charge in [-0.1, -0.05) is 50.8 Å². The van der Waals surface area contributed by atoms with Crippen LogP contribution in [0.25, 0.3) is 0 Å². The maximum Gasteiger partial charge on any atom is 0.416 e. The summed E-state index contributed by atoms with van der Waals surface area (Å²) < 4.78 is 38.8. The van der Waals surface area contributed by atoms with Crippen LogP contribution in [0.1, 0.15) is 88.7 Å². The Kier molecular flexibility index (Phi) is 6.94. The second-order valence-corrected chi connectivity index (χ2v) is 9.26. The van der Waals surface area contributed by atoms with Crippen LogP contribution in [0.4, 0.5) is 13.2 Å². The summed E-state index contributed by atoms with van der Waals surface area (Å²) in [6.07, 6.45) is 11.3. The Hall–Kier alpha value is -1.25. The van der Waals surface area contributed by atoms with Crippen molar-refractivity contribution in [3.8, 4) is 0 Å². The molecule has 3 heteroatoms. The highest BCUT2D eigenvalue weighted by Gasteiger charge is 2.39. The first-order chi connectivity index (χ1) is 13.4. The van der Waals surface area contributed by atoms with Gasteiger partial charge < -0.3 is 0 Å². The number of hydrogen-bond acceptors (Lipinski definition) is 0. The van der Waals surface area contributed by atoms with Crippen LogP contribution in [0.3, 0.4) is 0 Å². The Morgan fingerprint density at radius 3 is 2.04 bits per heavy atom. The first-order valence-corrected chi connectivity index (χ1v) is 11.2. The largest absolute Gasteiger partial charge is 0.416 e. The molecule has 2 aliphatic rings. The molecule has 1 aromatic carbocycles. The Morgan fingerprint density at radius 1 is 0.964 bits per heavy atom. The third kappa shape index (κ3) is 4.83. The second-order valence-electron chi connectivity index (χ2n) is 9.26. The van der Waals surface area contributed by atoms with Crippen molar-refractivity contribution in [2.45, 2.75) is 89.1 Å². The molecule has 0 amide bonds. The highest BCUT2D eigenvalue weighted by atomic mass is 19.4. The predicted octanol–water partition coefficient (Wildman–Crippen LogP) is 8.32. The van der Waals surface area contributed by atoms with Crippen molar-refractivity contribution in [3.63, 3.8) is 0 Å². The molecule has 156 valence electrons. The normalized spacial score (nSPS) is 31.5. The van der Waals surface area contributed by atoms with E-state index in [2.05, 4.69) is 13.5 Å². The molecule has 0 aromatic heterocycles. The molecule has 0 N–H and O–H groups in total. The van der Waals surface area contributed by atoms with Crippen LogP contribution in [0, 0.1) is 17.8 Å². The van der Waals surface area contributed by atoms with Crippen LogP contribution < -0.4 is 0 Å². The van der Waals surface area contributed by atoms with Gasteiger partial charge in [-0.15, -0.1) is 6.58 Å². The fraction of sp³-hybridized carbons (Fsp3) is 0.680. The molecule has 1 aromatic rings. The topological polar surface area (TPSA) is 0 Å². The molecule has 0 nitrogen and oxygen atoms in total. The molecular weight excluding hydrogens is 357 g/mol. The maximum atomic E-state index is 12.9. The van der Waals surface area contributed by atoms with Gasteiger partial charge >= 0.3 is 6.18 Å². The summed E-state index contributed by atoms with van der Waals surface area (Å²) in [5.41, 5.74) is 0.481. The highest BCUT2D eigenvalue weighted by molar-refractivity contribution is 5.32. The predicted molar refractivity (Wildman–Crippen MR) is 110 cm³/mol. The summed E-state index contributed by atoms with van der Waals surface area (Å²) in [5.74, 6) is 2.61. The smallest absolute Gasteiger partial charge is 0.166 e. The zero-order valence-corrected chi connectivity index (χ0v) is 17.2. The van der Waals surface area contributed by atoms with Crippen LogP contribution in [0.2, 0.25) is 0 Å². The van der Waals surface area contributed by atoms with Gasteiger partial charge in [-0.05, 0) is 85.8 Å². The molecule has 0 bridgehead atoms. The average molecular weight is 393 g/mol. The lowest BCUT2D eigenvalue weighted by Gasteiger charge is -2.44. The first-order valence-electron chi connectivity index (χ1n) is 11.2. The lowest BCUT2D eigenvalue weighted by molar-refractivity contribution is -0.137. The first kappa shape index (κ1) is 21.5. The van der Waals surface area contributed by atoms with Gasteiger partial charge in [-0.2, -0.15) is 13.2 Å². The fourth-order valence-corrected chi connectivity index (χ4v) is 5.92. The Labute approximate surface area is 168 Å². The molecule has 0 radical (unpaired) electrons. The molecule has 3 rings (SSSR count). The van der Waals surface area contributed by atoms with E-state index >= 15 is 0 Å². The molecule has 2 saturated carbocycles. The van der Waals surface area contributed by atoms with E-state index < -0.39 is 11.7 Å². The van der Waals surface area contributed by atoms with Crippen molar-refractivity contribution in [1.29, 1.82) is 0 Å². The summed E-state index contributed by atoms with van der Waals surface area (Å²) in [6, 6.07) is 5.92. The van der Waals surface area contributed by atoms with Crippen molar-refractivity contribution < 1.29 is 13.2 Å². The zero-order valence-electron chi connectivity index (χ0n) is 17.2. The average Bonchev–Trinajstić information content (AvgIpc) is 2.69. The summed E-state index contributed by atoms with van der Waals surface area (Å²) >= 11 is 0. The summed E-state index contributed by atoms with van der Waals surface area (Å²) in [7, 11) is 0. The molecule has 0 heterocycles. The summed E-state index contributed by atoms with van der Waals surface area (Å²) in [6.45, 7) is 6.22.